The molecule has 0 spiro atoms. The minimum Gasteiger partial charge on any atom is -0.493 e. The van der Waals surface area contributed by atoms with Gasteiger partial charge in [0.2, 0.25) is 0 Å². The van der Waals surface area contributed by atoms with E-state index in [1.165, 1.54) is 31.2 Å². The van der Waals surface area contributed by atoms with E-state index >= 15 is 0 Å². The highest BCUT2D eigenvalue weighted by atomic mass is 79.9. The van der Waals surface area contributed by atoms with Gasteiger partial charge in [-0.05, 0) is 55.2 Å². The molecule has 3 rings (SSSR count). The number of methoxy groups -OCH3 is 2. The first kappa shape index (κ1) is 14.2. The smallest absolute Gasteiger partial charge is 0.161 e. The molecule has 0 aromatic heterocycles. The molecule has 2 aliphatic rings. The van der Waals surface area contributed by atoms with Gasteiger partial charge in [0.25, 0.3) is 0 Å². The van der Waals surface area contributed by atoms with E-state index in [-0.39, 0.29) is 0 Å². The fourth-order valence-corrected chi connectivity index (χ4v) is 3.35. The quantitative estimate of drug-likeness (QED) is 0.820. The Hall–Kier alpha value is -0.740. The SMILES string of the molecule is COc1cc(Br)c(CNC(C2CC2)C2CC2)cc1OC. The number of benzene rings is 1. The number of ether oxygens (including phenoxy) is 2. The van der Waals surface area contributed by atoms with Gasteiger partial charge in [0, 0.05) is 17.1 Å². The lowest BCUT2D eigenvalue weighted by atomic mass is 10.1. The number of hydrogen-bond donors (Lipinski definition) is 1. The molecule has 2 fully saturated rings. The molecule has 0 saturated heterocycles. The van der Waals surface area contributed by atoms with E-state index in [1.54, 1.807) is 14.2 Å². The number of halogens is 1. The van der Waals surface area contributed by atoms with E-state index < -0.39 is 0 Å². The van der Waals surface area contributed by atoms with Crippen LogP contribution in [0.1, 0.15) is 31.2 Å². The zero-order valence-electron chi connectivity index (χ0n) is 12.1. The van der Waals surface area contributed by atoms with Crippen LogP contribution < -0.4 is 14.8 Å². The van der Waals surface area contributed by atoms with Crippen LogP contribution >= 0.6 is 15.9 Å². The highest BCUT2D eigenvalue weighted by molar-refractivity contribution is 9.10. The highest BCUT2D eigenvalue weighted by Gasteiger charge is 2.40. The molecule has 0 unspecified atom stereocenters. The maximum atomic E-state index is 5.38. The van der Waals surface area contributed by atoms with Crippen LogP contribution in [0.5, 0.6) is 11.5 Å². The number of rotatable bonds is 7. The van der Waals surface area contributed by atoms with Crippen molar-refractivity contribution >= 4 is 15.9 Å². The van der Waals surface area contributed by atoms with Crippen LogP contribution in [0.15, 0.2) is 16.6 Å². The summed E-state index contributed by atoms with van der Waals surface area (Å²) < 4.78 is 11.8. The summed E-state index contributed by atoms with van der Waals surface area (Å²) in [4.78, 5) is 0. The van der Waals surface area contributed by atoms with Crippen LogP contribution in [0, 0.1) is 11.8 Å². The summed E-state index contributed by atoms with van der Waals surface area (Å²) >= 11 is 3.63. The predicted molar refractivity (Wildman–Crippen MR) is 83.3 cm³/mol. The molecular weight excluding hydrogens is 318 g/mol. The average Bonchev–Trinajstić information content (AvgIpc) is 3.33. The summed E-state index contributed by atoms with van der Waals surface area (Å²) in [7, 11) is 3.35. The second kappa shape index (κ2) is 5.94. The maximum absolute atomic E-state index is 5.38. The Kier molecular flexibility index (Phi) is 4.22. The fourth-order valence-electron chi connectivity index (χ4n) is 2.89. The van der Waals surface area contributed by atoms with Crippen LogP contribution in [0.4, 0.5) is 0 Å². The average molecular weight is 340 g/mol. The Morgan fingerprint density at radius 2 is 1.65 bits per heavy atom. The lowest BCUT2D eigenvalue weighted by molar-refractivity contribution is 0.353. The first-order valence-electron chi connectivity index (χ1n) is 7.36. The Bertz CT molecular complexity index is 472. The molecule has 0 atom stereocenters. The van der Waals surface area contributed by atoms with E-state index in [9.17, 15) is 0 Å². The summed E-state index contributed by atoms with van der Waals surface area (Å²) in [5, 5.41) is 3.76. The molecular formula is C16H22BrNO2. The van der Waals surface area contributed by atoms with Crippen molar-refractivity contribution in [3.8, 4) is 11.5 Å². The Balaban J connectivity index is 1.69. The van der Waals surface area contributed by atoms with Crippen molar-refractivity contribution in [3.05, 3.63) is 22.2 Å². The summed E-state index contributed by atoms with van der Waals surface area (Å²) in [5.41, 5.74) is 1.23. The van der Waals surface area contributed by atoms with Gasteiger partial charge in [-0.1, -0.05) is 15.9 Å². The number of nitrogens with one attached hydrogen (secondary N) is 1. The third-order valence-electron chi connectivity index (χ3n) is 4.34. The molecule has 3 nitrogen and oxygen atoms in total. The molecule has 2 aliphatic carbocycles. The third-order valence-corrected chi connectivity index (χ3v) is 5.08. The van der Waals surface area contributed by atoms with E-state index in [0.29, 0.717) is 0 Å². The standard InChI is InChI=1S/C16H22BrNO2/c1-19-14-7-12(13(17)8-15(14)20-2)9-18-16(10-3-4-10)11-5-6-11/h7-8,10-11,16,18H,3-6,9H2,1-2H3. The molecule has 1 N–H and O–H groups in total. The first-order chi connectivity index (χ1) is 9.72. The summed E-state index contributed by atoms with van der Waals surface area (Å²) in [6, 6.07) is 4.77. The largest absolute Gasteiger partial charge is 0.493 e. The Labute approximate surface area is 129 Å². The zero-order chi connectivity index (χ0) is 14.1. The molecule has 1 aromatic rings. The van der Waals surface area contributed by atoms with Crippen molar-refractivity contribution in [3.63, 3.8) is 0 Å². The van der Waals surface area contributed by atoms with Crippen molar-refractivity contribution < 1.29 is 9.47 Å². The van der Waals surface area contributed by atoms with Crippen molar-refractivity contribution in [2.45, 2.75) is 38.3 Å². The van der Waals surface area contributed by atoms with Crippen molar-refractivity contribution in [1.29, 1.82) is 0 Å². The van der Waals surface area contributed by atoms with Gasteiger partial charge in [-0.3, -0.25) is 0 Å². The van der Waals surface area contributed by atoms with Gasteiger partial charge in [-0.15, -0.1) is 0 Å². The van der Waals surface area contributed by atoms with E-state index in [1.807, 2.05) is 6.07 Å². The third kappa shape index (κ3) is 3.12. The second-order valence-electron chi connectivity index (χ2n) is 5.88. The summed E-state index contributed by atoms with van der Waals surface area (Å²) in [6.07, 6.45) is 5.62. The maximum Gasteiger partial charge on any atom is 0.161 e. The monoisotopic (exact) mass is 339 g/mol. The van der Waals surface area contributed by atoms with Crippen LogP contribution in [0.3, 0.4) is 0 Å². The summed E-state index contributed by atoms with van der Waals surface area (Å²) in [5.74, 6) is 3.40. The van der Waals surface area contributed by atoms with Gasteiger partial charge in [0.05, 0.1) is 14.2 Å². The molecule has 4 heteroatoms. The molecule has 110 valence electrons. The van der Waals surface area contributed by atoms with E-state index in [4.69, 9.17) is 9.47 Å². The van der Waals surface area contributed by atoms with Crippen LogP contribution in [0.25, 0.3) is 0 Å². The molecule has 0 heterocycles. The molecule has 1 aromatic carbocycles. The van der Waals surface area contributed by atoms with Gasteiger partial charge < -0.3 is 14.8 Å². The lowest BCUT2D eigenvalue weighted by Crippen LogP contribution is -2.32. The second-order valence-corrected chi connectivity index (χ2v) is 6.73. The minimum absolute atomic E-state index is 0.718. The topological polar surface area (TPSA) is 30.5 Å². The van der Waals surface area contributed by atoms with Crippen LogP contribution in [-0.4, -0.2) is 20.3 Å². The van der Waals surface area contributed by atoms with Gasteiger partial charge in [-0.2, -0.15) is 0 Å². The molecule has 0 radical (unpaired) electrons. The predicted octanol–water partition coefficient (Wildman–Crippen LogP) is 3.74. The van der Waals surface area contributed by atoms with Crippen molar-refractivity contribution in [2.24, 2.45) is 11.8 Å². The van der Waals surface area contributed by atoms with E-state index in [0.717, 1.165) is 40.4 Å². The first-order valence-corrected chi connectivity index (χ1v) is 8.16. The molecule has 0 bridgehead atoms. The highest BCUT2D eigenvalue weighted by Crippen LogP contribution is 2.44. The molecule has 0 aliphatic heterocycles. The Morgan fingerprint density at radius 3 is 2.15 bits per heavy atom. The lowest BCUT2D eigenvalue weighted by Gasteiger charge is -2.19. The zero-order valence-corrected chi connectivity index (χ0v) is 13.7. The van der Waals surface area contributed by atoms with Crippen molar-refractivity contribution in [2.75, 3.05) is 14.2 Å². The van der Waals surface area contributed by atoms with Crippen LogP contribution in [0.2, 0.25) is 0 Å². The van der Waals surface area contributed by atoms with Gasteiger partial charge >= 0.3 is 0 Å². The molecule has 0 amide bonds. The van der Waals surface area contributed by atoms with Gasteiger partial charge in [0.1, 0.15) is 0 Å². The Morgan fingerprint density at radius 1 is 1.10 bits per heavy atom. The van der Waals surface area contributed by atoms with E-state index in [2.05, 4.69) is 27.3 Å². The minimum atomic E-state index is 0.718. The van der Waals surface area contributed by atoms with Crippen molar-refractivity contribution in [1.82, 2.24) is 5.32 Å². The number of hydrogen-bond acceptors (Lipinski definition) is 3. The van der Waals surface area contributed by atoms with Crippen LogP contribution in [-0.2, 0) is 6.54 Å². The molecule has 20 heavy (non-hydrogen) atoms. The fraction of sp³-hybridized carbons (Fsp3) is 0.625. The van der Waals surface area contributed by atoms with Gasteiger partial charge in [0.15, 0.2) is 11.5 Å². The summed E-state index contributed by atoms with van der Waals surface area (Å²) in [6.45, 7) is 0.888. The normalized spacial score (nSPS) is 18.4. The van der Waals surface area contributed by atoms with Gasteiger partial charge in [-0.25, -0.2) is 0 Å². The molecule has 2 saturated carbocycles.